The summed E-state index contributed by atoms with van der Waals surface area (Å²) in [5.74, 6) is 0.533. The monoisotopic (exact) mass is 242 g/mol. The van der Waals surface area contributed by atoms with Crippen molar-refractivity contribution >= 4 is 17.6 Å². The number of hydrogen-bond acceptors (Lipinski definition) is 4. The molecule has 2 aromatic rings. The van der Waals surface area contributed by atoms with Gasteiger partial charge in [0.25, 0.3) is 0 Å². The van der Waals surface area contributed by atoms with Crippen molar-refractivity contribution in [3.63, 3.8) is 0 Å². The molecular weight excluding hydrogens is 228 g/mol. The SMILES string of the molecule is COc1cc(C=Nc2cccc(N)c2)ccc1O. The third kappa shape index (κ3) is 2.79. The Balaban J connectivity index is 2.23. The Labute approximate surface area is 105 Å². The van der Waals surface area contributed by atoms with Crippen molar-refractivity contribution < 1.29 is 9.84 Å². The first-order valence-corrected chi connectivity index (χ1v) is 5.45. The molecule has 0 aromatic heterocycles. The van der Waals surface area contributed by atoms with E-state index in [1.165, 1.54) is 7.11 Å². The van der Waals surface area contributed by atoms with Crippen LogP contribution in [0.4, 0.5) is 11.4 Å². The fraction of sp³-hybridized carbons (Fsp3) is 0.0714. The van der Waals surface area contributed by atoms with Gasteiger partial charge in [-0.15, -0.1) is 0 Å². The first kappa shape index (κ1) is 12.0. The normalized spacial score (nSPS) is 10.7. The number of nitrogens with zero attached hydrogens (tertiary/aromatic N) is 1. The highest BCUT2D eigenvalue weighted by Crippen LogP contribution is 2.25. The van der Waals surface area contributed by atoms with Crippen LogP contribution in [0.25, 0.3) is 0 Å². The largest absolute Gasteiger partial charge is 0.504 e. The number of rotatable bonds is 3. The van der Waals surface area contributed by atoms with Crippen molar-refractivity contribution in [3.05, 3.63) is 48.0 Å². The Kier molecular flexibility index (Phi) is 3.48. The van der Waals surface area contributed by atoms with Crippen LogP contribution in [-0.2, 0) is 0 Å². The van der Waals surface area contributed by atoms with E-state index in [9.17, 15) is 5.11 Å². The number of aliphatic imine (C=N–C) groups is 1. The molecule has 3 N–H and O–H groups in total. The summed E-state index contributed by atoms with van der Waals surface area (Å²) in [5.41, 5.74) is 7.96. The highest BCUT2D eigenvalue weighted by Gasteiger charge is 2.00. The van der Waals surface area contributed by atoms with E-state index in [0.717, 1.165) is 11.3 Å². The number of nitrogens with two attached hydrogens (primary N) is 1. The van der Waals surface area contributed by atoms with Crippen molar-refractivity contribution in [2.24, 2.45) is 4.99 Å². The first-order valence-electron chi connectivity index (χ1n) is 5.45. The summed E-state index contributed by atoms with van der Waals surface area (Å²) in [5, 5.41) is 9.47. The lowest BCUT2D eigenvalue weighted by Crippen LogP contribution is -1.87. The van der Waals surface area contributed by atoms with Gasteiger partial charge in [-0.1, -0.05) is 6.07 Å². The van der Waals surface area contributed by atoms with Gasteiger partial charge in [0.15, 0.2) is 11.5 Å². The Morgan fingerprint density at radius 3 is 2.78 bits per heavy atom. The van der Waals surface area contributed by atoms with Crippen molar-refractivity contribution in [1.29, 1.82) is 0 Å². The minimum Gasteiger partial charge on any atom is -0.504 e. The van der Waals surface area contributed by atoms with Crippen LogP contribution in [0.1, 0.15) is 5.56 Å². The van der Waals surface area contributed by atoms with Gasteiger partial charge in [-0.25, -0.2) is 0 Å². The molecule has 92 valence electrons. The molecule has 0 aliphatic rings. The summed E-state index contributed by atoms with van der Waals surface area (Å²) in [7, 11) is 1.51. The predicted molar refractivity (Wildman–Crippen MR) is 72.8 cm³/mol. The van der Waals surface area contributed by atoms with Crippen LogP contribution >= 0.6 is 0 Å². The topological polar surface area (TPSA) is 67.8 Å². The third-order valence-corrected chi connectivity index (χ3v) is 2.44. The Morgan fingerprint density at radius 1 is 1.22 bits per heavy atom. The number of methoxy groups -OCH3 is 1. The maximum absolute atomic E-state index is 9.47. The van der Waals surface area contributed by atoms with Crippen molar-refractivity contribution in [2.45, 2.75) is 0 Å². The quantitative estimate of drug-likeness (QED) is 0.642. The van der Waals surface area contributed by atoms with Crippen molar-refractivity contribution in [2.75, 3.05) is 12.8 Å². The Morgan fingerprint density at radius 2 is 2.06 bits per heavy atom. The first-order chi connectivity index (χ1) is 8.69. The molecule has 18 heavy (non-hydrogen) atoms. The van der Waals surface area contributed by atoms with Crippen LogP contribution in [-0.4, -0.2) is 18.4 Å². The zero-order valence-electron chi connectivity index (χ0n) is 10.00. The van der Waals surface area contributed by atoms with Crippen LogP contribution in [0.15, 0.2) is 47.5 Å². The number of ether oxygens (including phenoxy) is 1. The second kappa shape index (κ2) is 5.23. The van der Waals surface area contributed by atoms with Gasteiger partial charge >= 0.3 is 0 Å². The molecule has 0 saturated carbocycles. The molecule has 0 aliphatic heterocycles. The second-order valence-electron chi connectivity index (χ2n) is 3.78. The summed E-state index contributed by atoms with van der Waals surface area (Å²) < 4.78 is 5.03. The lowest BCUT2D eigenvalue weighted by molar-refractivity contribution is 0.373. The molecule has 0 amide bonds. The second-order valence-corrected chi connectivity index (χ2v) is 3.78. The molecule has 0 radical (unpaired) electrons. The fourth-order valence-corrected chi connectivity index (χ4v) is 1.53. The van der Waals surface area contributed by atoms with Gasteiger partial charge in [0.1, 0.15) is 0 Å². The van der Waals surface area contributed by atoms with Gasteiger partial charge in [0.05, 0.1) is 12.8 Å². The van der Waals surface area contributed by atoms with E-state index in [4.69, 9.17) is 10.5 Å². The average Bonchev–Trinajstić information content (AvgIpc) is 2.38. The molecule has 4 heteroatoms. The van der Waals surface area contributed by atoms with Crippen molar-refractivity contribution in [1.82, 2.24) is 0 Å². The number of anilines is 1. The Hall–Kier alpha value is -2.49. The smallest absolute Gasteiger partial charge is 0.161 e. The van der Waals surface area contributed by atoms with E-state index >= 15 is 0 Å². The molecule has 0 spiro atoms. The van der Waals surface area contributed by atoms with Gasteiger partial charge in [-0.2, -0.15) is 0 Å². The molecule has 2 aromatic carbocycles. The highest BCUT2D eigenvalue weighted by atomic mass is 16.5. The molecule has 2 rings (SSSR count). The molecule has 0 aliphatic carbocycles. The molecule has 0 atom stereocenters. The lowest BCUT2D eigenvalue weighted by atomic mass is 10.2. The third-order valence-electron chi connectivity index (χ3n) is 2.44. The van der Waals surface area contributed by atoms with Gasteiger partial charge in [-0.05, 0) is 42.0 Å². The van der Waals surface area contributed by atoms with E-state index in [1.807, 2.05) is 18.2 Å². The van der Waals surface area contributed by atoms with E-state index in [2.05, 4.69) is 4.99 Å². The summed E-state index contributed by atoms with van der Waals surface area (Å²) in [4.78, 5) is 4.30. The zero-order chi connectivity index (χ0) is 13.0. The lowest BCUT2D eigenvalue weighted by Gasteiger charge is -2.03. The number of hydrogen-bond donors (Lipinski definition) is 2. The predicted octanol–water partition coefficient (Wildman–Crippen LogP) is 2.73. The van der Waals surface area contributed by atoms with Crippen LogP contribution < -0.4 is 10.5 Å². The molecule has 0 heterocycles. The summed E-state index contributed by atoms with van der Waals surface area (Å²) in [6.45, 7) is 0. The number of benzene rings is 2. The van der Waals surface area contributed by atoms with Crippen molar-refractivity contribution in [3.8, 4) is 11.5 Å². The molecule has 0 bridgehead atoms. The molecular formula is C14H14N2O2. The van der Waals surface area contributed by atoms with Gasteiger partial charge < -0.3 is 15.6 Å². The van der Waals surface area contributed by atoms with Crippen LogP contribution in [0.3, 0.4) is 0 Å². The number of nitrogen functional groups attached to an aromatic ring is 1. The summed E-state index contributed by atoms with van der Waals surface area (Å²) >= 11 is 0. The number of phenols is 1. The molecule has 0 fully saturated rings. The maximum Gasteiger partial charge on any atom is 0.161 e. The standard InChI is InChI=1S/C14H14N2O2/c1-18-14-7-10(5-6-13(14)17)9-16-12-4-2-3-11(15)8-12/h2-9,17H,15H2,1H3. The molecule has 0 unspecified atom stereocenters. The minimum absolute atomic E-state index is 0.110. The van der Waals surface area contributed by atoms with Gasteiger partial charge in [-0.3, -0.25) is 4.99 Å². The minimum atomic E-state index is 0.110. The zero-order valence-corrected chi connectivity index (χ0v) is 10.00. The highest BCUT2D eigenvalue weighted by molar-refractivity contribution is 5.83. The van der Waals surface area contributed by atoms with Gasteiger partial charge in [0, 0.05) is 11.9 Å². The number of aromatic hydroxyl groups is 1. The van der Waals surface area contributed by atoms with Gasteiger partial charge in [0.2, 0.25) is 0 Å². The van der Waals surface area contributed by atoms with E-state index in [-0.39, 0.29) is 5.75 Å². The molecule has 4 nitrogen and oxygen atoms in total. The number of phenolic OH excluding ortho intramolecular Hbond substituents is 1. The van der Waals surface area contributed by atoms with Crippen LogP contribution in [0.2, 0.25) is 0 Å². The maximum atomic E-state index is 9.47. The average molecular weight is 242 g/mol. The summed E-state index contributed by atoms with van der Waals surface area (Å²) in [6.07, 6.45) is 1.69. The molecule has 0 saturated heterocycles. The summed E-state index contributed by atoms with van der Waals surface area (Å²) in [6, 6.07) is 12.3. The Bertz CT molecular complexity index is 580. The van der Waals surface area contributed by atoms with E-state index < -0.39 is 0 Å². The van der Waals surface area contributed by atoms with Crippen LogP contribution in [0.5, 0.6) is 11.5 Å². The van der Waals surface area contributed by atoms with E-state index in [0.29, 0.717) is 11.4 Å². The fourth-order valence-electron chi connectivity index (χ4n) is 1.53. The van der Waals surface area contributed by atoms with E-state index in [1.54, 1.807) is 30.5 Å². The van der Waals surface area contributed by atoms with Crippen LogP contribution in [0, 0.1) is 0 Å².